The van der Waals surface area contributed by atoms with Gasteiger partial charge in [-0.2, -0.15) is 0 Å². The summed E-state index contributed by atoms with van der Waals surface area (Å²) in [6, 6.07) is 10.7. The zero-order chi connectivity index (χ0) is 16.1. The van der Waals surface area contributed by atoms with Crippen molar-refractivity contribution in [2.24, 2.45) is 0 Å². The third-order valence-corrected chi connectivity index (χ3v) is 4.44. The second-order valence-electron chi connectivity index (χ2n) is 5.98. The zero-order valence-electron chi connectivity index (χ0n) is 13.4. The van der Waals surface area contributed by atoms with Crippen LogP contribution >= 0.6 is 0 Å². The molecule has 2 aromatic rings. The standard InChI is InChI=1S/C17H22N4O2/c1-13-16(20-23-19-13)17(22)18-9-12-21-10-7-15(8-11-21)14-5-3-2-4-6-14/h2-6,15H,7-12H2,1H3,(H,18,22). The Bertz CT molecular complexity index is 633. The van der Waals surface area contributed by atoms with Crippen LogP contribution in [0.15, 0.2) is 35.0 Å². The molecule has 122 valence electrons. The van der Waals surface area contributed by atoms with Gasteiger partial charge in [0.05, 0.1) is 0 Å². The Kier molecular flexibility index (Phi) is 5.02. The van der Waals surface area contributed by atoms with E-state index in [1.807, 2.05) is 0 Å². The van der Waals surface area contributed by atoms with Crippen molar-refractivity contribution in [2.75, 3.05) is 26.2 Å². The lowest BCUT2D eigenvalue weighted by molar-refractivity contribution is 0.0935. The molecule has 1 amide bonds. The van der Waals surface area contributed by atoms with Crippen LogP contribution < -0.4 is 5.32 Å². The molecular formula is C17H22N4O2. The number of carbonyl (C=O) groups excluding carboxylic acids is 1. The summed E-state index contributed by atoms with van der Waals surface area (Å²) in [6.45, 7) is 5.32. The number of nitrogens with one attached hydrogen (secondary N) is 1. The Morgan fingerprint density at radius 3 is 2.65 bits per heavy atom. The van der Waals surface area contributed by atoms with Crippen molar-refractivity contribution in [2.45, 2.75) is 25.7 Å². The van der Waals surface area contributed by atoms with Crippen LogP contribution in [0, 0.1) is 6.92 Å². The molecule has 6 heteroatoms. The fraction of sp³-hybridized carbons (Fsp3) is 0.471. The minimum atomic E-state index is -0.220. The lowest BCUT2D eigenvalue weighted by Gasteiger charge is -2.32. The van der Waals surface area contributed by atoms with Crippen LogP contribution in [0.3, 0.4) is 0 Å². The third kappa shape index (κ3) is 3.96. The summed E-state index contributed by atoms with van der Waals surface area (Å²) in [5, 5.41) is 10.1. The minimum absolute atomic E-state index is 0.220. The molecule has 0 spiro atoms. The van der Waals surface area contributed by atoms with Gasteiger partial charge in [0, 0.05) is 13.1 Å². The Morgan fingerprint density at radius 1 is 1.26 bits per heavy atom. The fourth-order valence-corrected chi connectivity index (χ4v) is 3.06. The maximum absolute atomic E-state index is 11.9. The lowest BCUT2D eigenvalue weighted by atomic mass is 9.89. The Balaban J connectivity index is 1.40. The Labute approximate surface area is 135 Å². The van der Waals surface area contributed by atoms with Crippen LogP contribution in [0.4, 0.5) is 0 Å². The second-order valence-corrected chi connectivity index (χ2v) is 5.98. The van der Waals surface area contributed by atoms with Gasteiger partial charge in [0.25, 0.3) is 5.91 Å². The van der Waals surface area contributed by atoms with E-state index >= 15 is 0 Å². The summed E-state index contributed by atoms with van der Waals surface area (Å²) in [5.74, 6) is 0.439. The molecule has 1 aromatic heterocycles. The van der Waals surface area contributed by atoms with E-state index in [9.17, 15) is 4.79 Å². The first-order valence-corrected chi connectivity index (χ1v) is 8.08. The quantitative estimate of drug-likeness (QED) is 0.914. The molecule has 0 radical (unpaired) electrons. The summed E-state index contributed by atoms with van der Waals surface area (Å²) < 4.78 is 4.55. The monoisotopic (exact) mass is 314 g/mol. The largest absolute Gasteiger partial charge is 0.349 e. The number of hydrogen-bond acceptors (Lipinski definition) is 5. The van der Waals surface area contributed by atoms with Crippen LogP contribution in [-0.4, -0.2) is 47.3 Å². The predicted molar refractivity (Wildman–Crippen MR) is 86.2 cm³/mol. The molecule has 6 nitrogen and oxygen atoms in total. The normalized spacial score (nSPS) is 16.4. The van der Waals surface area contributed by atoms with Crippen LogP contribution in [0.2, 0.25) is 0 Å². The maximum Gasteiger partial charge on any atom is 0.275 e. The van der Waals surface area contributed by atoms with Crippen molar-refractivity contribution < 1.29 is 9.42 Å². The number of aromatic nitrogens is 2. The summed E-state index contributed by atoms with van der Waals surface area (Å²) in [6.07, 6.45) is 2.34. The first-order chi connectivity index (χ1) is 11.2. The van der Waals surface area contributed by atoms with Crippen LogP contribution in [0.25, 0.3) is 0 Å². The van der Waals surface area contributed by atoms with Gasteiger partial charge in [-0.3, -0.25) is 4.79 Å². The highest BCUT2D eigenvalue weighted by molar-refractivity contribution is 5.92. The van der Waals surface area contributed by atoms with Gasteiger partial charge in [0.15, 0.2) is 5.69 Å². The number of hydrogen-bond donors (Lipinski definition) is 1. The van der Waals surface area contributed by atoms with Gasteiger partial charge < -0.3 is 10.2 Å². The maximum atomic E-state index is 11.9. The number of carbonyl (C=O) groups is 1. The van der Waals surface area contributed by atoms with E-state index in [1.54, 1.807) is 6.92 Å². The number of nitrogens with zero attached hydrogens (tertiary/aromatic N) is 3. The van der Waals surface area contributed by atoms with Gasteiger partial charge in [-0.1, -0.05) is 35.5 Å². The van der Waals surface area contributed by atoms with Gasteiger partial charge in [-0.25, -0.2) is 4.63 Å². The first-order valence-electron chi connectivity index (χ1n) is 8.08. The van der Waals surface area contributed by atoms with E-state index in [0.717, 1.165) is 19.6 Å². The number of amides is 1. The SMILES string of the molecule is Cc1nonc1C(=O)NCCN1CCC(c2ccccc2)CC1. The molecule has 0 atom stereocenters. The van der Waals surface area contributed by atoms with E-state index in [4.69, 9.17) is 0 Å². The first kappa shape index (κ1) is 15.7. The summed E-state index contributed by atoms with van der Waals surface area (Å²) in [5.41, 5.74) is 2.23. The predicted octanol–water partition coefficient (Wildman–Crippen LogP) is 1.99. The highest BCUT2D eigenvalue weighted by atomic mass is 16.6. The lowest BCUT2D eigenvalue weighted by Crippen LogP contribution is -2.39. The molecule has 0 unspecified atom stereocenters. The highest BCUT2D eigenvalue weighted by Crippen LogP contribution is 2.27. The van der Waals surface area contributed by atoms with Gasteiger partial charge >= 0.3 is 0 Å². The molecule has 1 N–H and O–H groups in total. The molecular weight excluding hydrogens is 292 g/mol. The molecule has 1 aliphatic rings. The van der Waals surface area contributed by atoms with Crippen molar-refractivity contribution in [3.8, 4) is 0 Å². The summed E-state index contributed by atoms with van der Waals surface area (Å²) in [7, 11) is 0. The molecule has 0 saturated carbocycles. The molecule has 0 bridgehead atoms. The molecule has 1 aliphatic heterocycles. The van der Waals surface area contributed by atoms with Crippen molar-refractivity contribution in [1.29, 1.82) is 0 Å². The molecule has 0 aliphatic carbocycles. The van der Waals surface area contributed by atoms with Crippen LogP contribution in [-0.2, 0) is 0 Å². The van der Waals surface area contributed by atoms with E-state index in [-0.39, 0.29) is 11.6 Å². The number of aryl methyl sites for hydroxylation is 1. The fourth-order valence-electron chi connectivity index (χ4n) is 3.06. The van der Waals surface area contributed by atoms with Crippen molar-refractivity contribution in [3.05, 3.63) is 47.3 Å². The summed E-state index contributed by atoms with van der Waals surface area (Å²) in [4.78, 5) is 14.3. The van der Waals surface area contributed by atoms with Crippen molar-refractivity contribution in [3.63, 3.8) is 0 Å². The van der Waals surface area contributed by atoms with Crippen LogP contribution in [0.5, 0.6) is 0 Å². The number of likely N-dealkylation sites (tertiary alicyclic amines) is 1. The summed E-state index contributed by atoms with van der Waals surface area (Å²) >= 11 is 0. The van der Waals surface area contributed by atoms with E-state index < -0.39 is 0 Å². The minimum Gasteiger partial charge on any atom is -0.349 e. The van der Waals surface area contributed by atoms with E-state index in [2.05, 4.69) is 55.5 Å². The van der Waals surface area contributed by atoms with Gasteiger partial charge in [-0.05, 0) is 49.5 Å². The second kappa shape index (κ2) is 7.37. The third-order valence-electron chi connectivity index (χ3n) is 4.44. The Hall–Kier alpha value is -2.21. The average molecular weight is 314 g/mol. The molecule has 1 aromatic carbocycles. The van der Waals surface area contributed by atoms with Crippen LogP contribution in [0.1, 0.15) is 40.5 Å². The highest BCUT2D eigenvalue weighted by Gasteiger charge is 2.20. The number of rotatable bonds is 5. The van der Waals surface area contributed by atoms with Crippen molar-refractivity contribution >= 4 is 5.91 Å². The number of piperidine rings is 1. The smallest absolute Gasteiger partial charge is 0.275 e. The molecule has 23 heavy (non-hydrogen) atoms. The molecule has 1 saturated heterocycles. The molecule has 2 heterocycles. The molecule has 1 fully saturated rings. The Morgan fingerprint density at radius 2 is 2.00 bits per heavy atom. The number of benzene rings is 1. The topological polar surface area (TPSA) is 71.3 Å². The van der Waals surface area contributed by atoms with E-state index in [0.29, 0.717) is 18.2 Å². The molecule has 3 rings (SSSR count). The van der Waals surface area contributed by atoms with Gasteiger partial charge in [-0.15, -0.1) is 0 Å². The van der Waals surface area contributed by atoms with Crippen molar-refractivity contribution in [1.82, 2.24) is 20.5 Å². The van der Waals surface area contributed by atoms with Gasteiger partial charge in [0.2, 0.25) is 0 Å². The van der Waals surface area contributed by atoms with E-state index in [1.165, 1.54) is 18.4 Å². The zero-order valence-corrected chi connectivity index (χ0v) is 13.4. The average Bonchev–Trinajstić information content (AvgIpc) is 3.02. The van der Waals surface area contributed by atoms with Gasteiger partial charge in [0.1, 0.15) is 5.69 Å².